The summed E-state index contributed by atoms with van der Waals surface area (Å²) in [4.78, 5) is 0. The SMILES string of the molecule is CCOc1ccc(NC(C)CC(C)C)c(C)c1. The van der Waals surface area contributed by atoms with Crippen molar-refractivity contribution in [3.05, 3.63) is 23.8 Å². The fraction of sp³-hybridized carbons (Fsp3) is 0.600. The first-order valence-electron chi connectivity index (χ1n) is 6.53. The molecule has 0 amide bonds. The smallest absolute Gasteiger partial charge is 0.119 e. The van der Waals surface area contributed by atoms with E-state index in [-0.39, 0.29) is 0 Å². The first kappa shape index (κ1) is 13.9. The van der Waals surface area contributed by atoms with Crippen molar-refractivity contribution in [3.8, 4) is 5.75 Å². The van der Waals surface area contributed by atoms with Crippen LogP contribution >= 0.6 is 0 Å². The Morgan fingerprint density at radius 2 is 1.94 bits per heavy atom. The molecular weight excluding hydrogens is 210 g/mol. The van der Waals surface area contributed by atoms with E-state index in [2.05, 4.69) is 45.1 Å². The number of rotatable bonds is 6. The summed E-state index contributed by atoms with van der Waals surface area (Å²) in [5, 5.41) is 3.56. The molecular formula is C15H25NO. The topological polar surface area (TPSA) is 21.3 Å². The van der Waals surface area contributed by atoms with Gasteiger partial charge in [-0.2, -0.15) is 0 Å². The molecule has 2 nitrogen and oxygen atoms in total. The first-order chi connectivity index (χ1) is 8.02. The van der Waals surface area contributed by atoms with Gasteiger partial charge in [0.05, 0.1) is 6.61 Å². The number of aryl methyl sites for hydroxylation is 1. The standard InChI is InChI=1S/C15H25NO/c1-6-17-14-7-8-15(12(4)10-14)16-13(5)9-11(2)3/h7-8,10-11,13,16H,6,9H2,1-5H3. The fourth-order valence-corrected chi connectivity index (χ4v) is 2.09. The highest BCUT2D eigenvalue weighted by atomic mass is 16.5. The quantitative estimate of drug-likeness (QED) is 0.796. The zero-order valence-electron chi connectivity index (χ0n) is 11.7. The largest absolute Gasteiger partial charge is 0.494 e. The van der Waals surface area contributed by atoms with Crippen LogP contribution in [-0.4, -0.2) is 12.6 Å². The molecule has 96 valence electrons. The Labute approximate surface area is 105 Å². The monoisotopic (exact) mass is 235 g/mol. The average molecular weight is 235 g/mol. The molecule has 1 unspecified atom stereocenters. The number of nitrogens with one attached hydrogen (secondary N) is 1. The number of hydrogen-bond donors (Lipinski definition) is 1. The van der Waals surface area contributed by atoms with Gasteiger partial charge in [-0.3, -0.25) is 0 Å². The van der Waals surface area contributed by atoms with E-state index in [1.54, 1.807) is 0 Å². The Hall–Kier alpha value is -1.18. The Balaban J connectivity index is 2.65. The predicted molar refractivity (Wildman–Crippen MR) is 74.9 cm³/mol. The van der Waals surface area contributed by atoms with Crippen molar-refractivity contribution in [2.24, 2.45) is 5.92 Å². The number of ether oxygens (including phenoxy) is 1. The Kier molecular flexibility index (Phi) is 5.33. The molecule has 0 radical (unpaired) electrons. The van der Waals surface area contributed by atoms with Crippen molar-refractivity contribution in [3.63, 3.8) is 0 Å². The summed E-state index contributed by atoms with van der Waals surface area (Å²) in [6.45, 7) is 11.6. The van der Waals surface area contributed by atoms with Gasteiger partial charge in [0, 0.05) is 11.7 Å². The molecule has 0 saturated heterocycles. The van der Waals surface area contributed by atoms with Crippen LogP contribution in [-0.2, 0) is 0 Å². The lowest BCUT2D eigenvalue weighted by Crippen LogP contribution is -2.18. The van der Waals surface area contributed by atoms with Gasteiger partial charge in [-0.25, -0.2) is 0 Å². The van der Waals surface area contributed by atoms with Crippen molar-refractivity contribution < 1.29 is 4.74 Å². The van der Waals surface area contributed by atoms with Gasteiger partial charge < -0.3 is 10.1 Å². The lowest BCUT2D eigenvalue weighted by atomic mass is 10.0. The molecule has 0 spiro atoms. The van der Waals surface area contributed by atoms with E-state index in [1.165, 1.54) is 17.7 Å². The van der Waals surface area contributed by atoms with E-state index in [0.29, 0.717) is 6.04 Å². The van der Waals surface area contributed by atoms with Gasteiger partial charge in [-0.1, -0.05) is 13.8 Å². The van der Waals surface area contributed by atoms with E-state index in [0.717, 1.165) is 18.3 Å². The van der Waals surface area contributed by atoms with Crippen LogP contribution < -0.4 is 10.1 Å². The van der Waals surface area contributed by atoms with Crippen LogP contribution in [0.4, 0.5) is 5.69 Å². The van der Waals surface area contributed by atoms with Gasteiger partial charge >= 0.3 is 0 Å². The minimum Gasteiger partial charge on any atom is -0.494 e. The molecule has 0 aliphatic rings. The van der Waals surface area contributed by atoms with Gasteiger partial charge in [0.25, 0.3) is 0 Å². The highest BCUT2D eigenvalue weighted by Crippen LogP contribution is 2.22. The summed E-state index contributed by atoms with van der Waals surface area (Å²) in [7, 11) is 0. The number of anilines is 1. The van der Waals surface area contributed by atoms with E-state index in [4.69, 9.17) is 4.74 Å². The van der Waals surface area contributed by atoms with E-state index < -0.39 is 0 Å². The molecule has 0 aromatic heterocycles. The summed E-state index contributed by atoms with van der Waals surface area (Å²) >= 11 is 0. The summed E-state index contributed by atoms with van der Waals surface area (Å²) in [5.74, 6) is 1.67. The zero-order valence-corrected chi connectivity index (χ0v) is 11.7. The molecule has 0 fully saturated rings. The average Bonchev–Trinajstić information content (AvgIpc) is 2.21. The highest BCUT2D eigenvalue weighted by Gasteiger charge is 2.07. The van der Waals surface area contributed by atoms with Crippen LogP contribution in [0.3, 0.4) is 0 Å². The number of hydrogen-bond acceptors (Lipinski definition) is 2. The molecule has 0 aliphatic carbocycles. The van der Waals surface area contributed by atoms with Crippen molar-refractivity contribution in [2.75, 3.05) is 11.9 Å². The zero-order chi connectivity index (χ0) is 12.8. The van der Waals surface area contributed by atoms with Gasteiger partial charge in [-0.15, -0.1) is 0 Å². The van der Waals surface area contributed by atoms with E-state index >= 15 is 0 Å². The van der Waals surface area contributed by atoms with Crippen LogP contribution in [0.2, 0.25) is 0 Å². The molecule has 1 aromatic carbocycles. The molecule has 17 heavy (non-hydrogen) atoms. The van der Waals surface area contributed by atoms with Crippen LogP contribution in [0, 0.1) is 12.8 Å². The van der Waals surface area contributed by atoms with Gasteiger partial charge in [0.15, 0.2) is 0 Å². The second-order valence-corrected chi connectivity index (χ2v) is 5.08. The molecule has 0 bridgehead atoms. The first-order valence-corrected chi connectivity index (χ1v) is 6.53. The third kappa shape index (κ3) is 4.68. The summed E-state index contributed by atoms with van der Waals surface area (Å²) in [5.41, 5.74) is 2.45. The van der Waals surface area contributed by atoms with Crippen molar-refractivity contribution in [1.29, 1.82) is 0 Å². The molecule has 1 aromatic rings. The predicted octanol–water partition coefficient (Wildman–Crippen LogP) is 4.24. The third-order valence-corrected chi connectivity index (χ3v) is 2.74. The van der Waals surface area contributed by atoms with Gasteiger partial charge in [0.1, 0.15) is 5.75 Å². The van der Waals surface area contributed by atoms with E-state index in [9.17, 15) is 0 Å². The molecule has 1 N–H and O–H groups in total. The Morgan fingerprint density at radius 3 is 2.47 bits per heavy atom. The maximum Gasteiger partial charge on any atom is 0.119 e. The molecule has 0 heterocycles. The van der Waals surface area contributed by atoms with Crippen LogP contribution in [0.5, 0.6) is 5.75 Å². The maximum absolute atomic E-state index is 5.48. The fourth-order valence-electron chi connectivity index (χ4n) is 2.09. The summed E-state index contributed by atoms with van der Waals surface area (Å²) < 4.78 is 5.48. The molecule has 1 atom stereocenters. The second kappa shape index (κ2) is 6.53. The summed E-state index contributed by atoms with van der Waals surface area (Å²) in [6.07, 6.45) is 1.19. The maximum atomic E-state index is 5.48. The minimum absolute atomic E-state index is 0.506. The molecule has 0 saturated carbocycles. The van der Waals surface area contributed by atoms with Gasteiger partial charge in [0.2, 0.25) is 0 Å². The summed E-state index contributed by atoms with van der Waals surface area (Å²) in [6, 6.07) is 6.73. The Morgan fingerprint density at radius 1 is 1.24 bits per heavy atom. The third-order valence-electron chi connectivity index (χ3n) is 2.74. The van der Waals surface area contributed by atoms with E-state index in [1.807, 2.05) is 13.0 Å². The van der Waals surface area contributed by atoms with Crippen molar-refractivity contribution in [2.45, 2.75) is 47.1 Å². The van der Waals surface area contributed by atoms with Crippen LogP contribution in [0.1, 0.15) is 39.7 Å². The van der Waals surface area contributed by atoms with Crippen molar-refractivity contribution >= 4 is 5.69 Å². The lowest BCUT2D eigenvalue weighted by Gasteiger charge is -2.19. The minimum atomic E-state index is 0.506. The normalized spacial score (nSPS) is 12.6. The lowest BCUT2D eigenvalue weighted by molar-refractivity contribution is 0.340. The van der Waals surface area contributed by atoms with Gasteiger partial charge in [-0.05, 0) is 56.9 Å². The second-order valence-electron chi connectivity index (χ2n) is 5.08. The van der Waals surface area contributed by atoms with Crippen LogP contribution in [0.15, 0.2) is 18.2 Å². The Bertz CT molecular complexity index is 347. The number of benzene rings is 1. The highest BCUT2D eigenvalue weighted by molar-refractivity contribution is 5.54. The van der Waals surface area contributed by atoms with Crippen LogP contribution in [0.25, 0.3) is 0 Å². The molecule has 0 aliphatic heterocycles. The molecule has 2 heteroatoms. The molecule has 1 rings (SSSR count). The van der Waals surface area contributed by atoms with Crippen molar-refractivity contribution in [1.82, 2.24) is 0 Å².